The van der Waals surface area contributed by atoms with Crippen molar-refractivity contribution in [2.45, 2.75) is 25.6 Å². The van der Waals surface area contributed by atoms with E-state index in [-0.39, 0.29) is 24.8 Å². The van der Waals surface area contributed by atoms with Gasteiger partial charge in [-0.2, -0.15) is 0 Å². The number of nitrogens with one attached hydrogen (secondary N) is 1. The van der Waals surface area contributed by atoms with Gasteiger partial charge in [0, 0.05) is 13.1 Å². The molecule has 0 unspecified atom stereocenters. The SMILES string of the molecule is COc1ccc(CNC(=O)[C@@H](c2ccccc2)N(Cc2ccc(OC)cc2)C(=O)Cc2ccccc2)cc1. The van der Waals surface area contributed by atoms with Crippen LogP contribution in [0.4, 0.5) is 0 Å². The Morgan fingerprint density at radius 1 is 0.684 bits per heavy atom. The highest BCUT2D eigenvalue weighted by molar-refractivity contribution is 5.89. The molecule has 0 aliphatic heterocycles. The molecule has 1 atom stereocenters. The van der Waals surface area contributed by atoms with Gasteiger partial charge in [0.15, 0.2) is 0 Å². The predicted octanol–water partition coefficient (Wildman–Crippen LogP) is 5.33. The second-order valence-corrected chi connectivity index (χ2v) is 8.91. The first-order valence-electron chi connectivity index (χ1n) is 12.5. The summed E-state index contributed by atoms with van der Waals surface area (Å²) < 4.78 is 10.5. The summed E-state index contributed by atoms with van der Waals surface area (Å²) in [6, 6.07) is 33.3. The molecule has 0 aliphatic rings. The van der Waals surface area contributed by atoms with Crippen molar-refractivity contribution in [1.29, 1.82) is 0 Å². The molecular formula is C32H32N2O4. The van der Waals surface area contributed by atoms with E-state index in [4.69, 9.17) is 9.47 Å². The van der Waals surface area contributed by atoms with Crippen LogP contribution in [0.5, 0.6) is 11.5 Å². The Labute approximate surface area is 223 Å². The van der Waals surface area contributed by atoms with E-state index in [1.807, 2.05) is 109 Å². The molecule has 0 aromatic heterocycles. The van der Waals surface area contributed by atoms with Crippen LogP contribution in [-0.4, -0.2) is 30.9 Å². The van der Waals surface area contributed by atoms with Crippen LogP contribution < -0.4 is 14.8 Å². The number of amides is 2. The first-order valence-corrected chi connectivity index (χ1v) is 12.5. The largest absolute Gasteiger partial charge is 0.497 e. The maximum atomic E-state index is 13.8. The lowest BCUT2D eigenvalue weighted by Crippen LogP contribution is -2.43. The standard InChI is InChI=1S/C32H32N2O4/c1-37-28-17-13-25(14-18-28)22-33-32(36)31(27-11-7-4-8-12-27)34(23-26-15-19-29(38-2)20-16-26)30(35)21-24-9-5-3-6-10-24/h3-20,31H,21-23H2,1-2H3,(H,33,36)/t31-/m1/s1. The molecule has 38 heavy (non-hydrogen) atoms. The van der Waals surface area contributed by atoms with Gasteiger partial charge >= 0.3 is 0 Å². The molecule has 4 rings (SSSR count). The van der Waals surface area contributed by atoms with E-state index in [0.717, 1.165) is 33.8 Å². The summed E-state index contributed by atoms with van der Waals surface area (Å²) in [6.45, 7) is 0.598. The van der Waals surface area contributed by atoms with Crippen LogP contribution in [0, 0.1) is 0 Å². The first-order chi connectivity index (χ1) is 18.6. The lowest BCUT2D eigenvalue weighted by molar-refractivity contribution is -0.141. The van der Waals surface area contributed by atoms with Gasteiger partial charge in [-0.05, 0) is 46.5 Å². The molecule has 4 aromatic rings. The number of rotatable bonds is 11. The fraction of sp³-hybridized carbons (Fsp3) is 0.188. The van der Waals surface area contributed by atoms with Crippen LogP contribution in [0.15, 0.2) is 109 Å². The summed E-state index contributed by atoms with van der Waals surface area (Å²) in [5.41, 5.74) is 3.47. The molecule has 6 heteroatoms. The minimum Gasteiger partial charge on any atom is -0.497 e. The number of carbonyl (C=O) groups is 2. The second-order valence-electron chi connectivity index (χ2n) is 8.91. The molecule has 2 amide bonds. The van der Waals surface area contributed by atoms with Crippen LogP contribution in [0.1, 0.15) is 28.3 Å². The van der Waals surface area contributed by atoms with Gasteiger partial charge in [-0.1, -0.05) is 84.9 Å². The fourth-order valence-electron chi connectivity index (χ4n) is 4.26. The Morgan fingerprint density at radius 3 is 1.76 bits per heavy atom. The van der Waals surface area contributed by atoms with E-state index in [1.165, 1.54) is 0 Å². The van der Waals surface area contributed by atoms with E-state index in [2.05, 4.69) is 5.32 Å². The van der Waals surface area contributed by atoms with Gasteiger partial charge in [0.2, 0.25) is 11.8 Å². The van der Waals surface area contributed by atoms with Crippen LogP contribution in [0.25, 0.3) is 0 Å². The summed E-state index contributed by atoms with van der Waals surface area (Å²) in [6.07, 6.45) is 0.187. The molecule has 0 fully saturated rings. The molecule has 4 aromatic carbocycles. The van der Waals surface area contributed by atoms with Crippen LogP contribution in [-0.2, 0) is 29.1 Å². The number of hydrogen-bond acceptors (Lipinski definition) is 4. The first kappa shape index (κ1) is 26.5. The highest BCUT2D eigenvalue weighted by atomic mass is 16.5. The Bertz CT molecular complexity index is 1310. The average molecular weight is 509 g/mol. The second kappa shape index (κ2) is 13.1. The maximum absolute atomic E-state index is 13.8. The van der Waals surface area contributed by atoms with E-state index < -0.39 is 6.04 Å². The minimum atomic E-state index is -0.812. The average Bonchev–Trinajstić information content (AvgIpc) is 2.97. The van der Waals surface area contributed by atoms with E-state index >= 15 is 0 Å². The van der Waals surface area contributed by atoms with Crippen molar-refractivity contribution >= 4 is 11.8 Å². The van der Waals surface area contributed by atoms with Gasteiger partial charge in [0.05, 0.1) is 20.6 Å². The van der Waals surface area contributed by atoms with Gasteiger partial charge in [-0.15, -0.1) is 0 Å². The highest BCUT2D eigenvalue weighted by Gasteiger charge is 2.31. The van der Waals surface area contributed by atoms with E-state index in [9.17, 15) is 9.59 Å². The zero-order chi connectivity index (χ0) is 26.7. The summed E-state index contributed by atoms with van der Waals surface area (Å²) in [5.74, 6) is 1.09. The zero-order valence-corrected chi connectivity index (χ0v) is 21.7. The van der Waals surface area contributed by atoms with E-state index in [0.29, 0.717) is 6.54 Å². The fourth-order valence-corrected chi connectivity index (χ4v) is 4.26. The van der Waals surface area contributed by atoms with Gasteiger partial charge in [0.1, 0.15) is 17.5 Å². The third-order valence-electron chi connectivity index (χ3n) is 6.33. The van der Waals surface area contributed by atoms with Gasteiger partial charge in [-0.3, -0.25) is 9.59 Å². The topological polar surface area (TPSA) is 67.9 Å². The Morgan fingerprint density at radius 2 is 1.21 bits per heavy atom. The number of hydrogen-bond donors (Lipinski definition) is 1. The van der Waals surface area contributed by atoms with Gasteiger partial charge in [0.25, 0.3) is 0 Å². The molecule has 0 aliphatic carbocycles. The third-order valence-corrected chi connectivity index (χ3v) is 6.33. The number of carbonyl (C=O) groups excluding carboxylic acids is 2. The molecule has 1 N–H and O–H groups in total. The third kappa shape index (κ3) is 7.01. The van der Waals surface area contributed by atoms with Crippen molar-refractivity contribution in [3.05, 3.63) is 131 Å². The Balaban J connectivity index is 1.64. The lowest BCUT2D eigenvalue weighted by Gasteiger charge is -2.32. The molecule has 194 valence electrons. The van der Waals surface area contributed by atoms with Crippen LogP contribution >= 0.6 is 0 Å². The van der Waals surface area contributed by atoms with Crippen molar-refractivity contribution in [2.24, 2.45) is 0 Å². The summed E-state index contributed by atoms with van der Waals surface area (Å²) in [7, 11) is 3.23. The van der Waals surface area contributed by atoms with Gasteiger partial charge in [-0.25, -0.2) is 0 Å². The molecule has 0 bridgehead atoms. The van der Waals surface area contributed by atoms with Crippen molar-refractivity contribution < 1.29 is 19.1 Å². The van der Waals surface area contributed by atoms with Crippen molar-refractivity contribution in [3.63, 3.8) is 0 Å². The number of methoxy groups -OCH3 is 2. The van der Waals surface area contributed by atoms with Crippen LogP contribution in [0.3, 0.4) is 0 Å². The van der Waals surface area contributed by atoms with Crippen molar-refractivity contribution in [2.75, 3.05) is 14.2 Å². The van der Waals surface area contributed by atoms with Crippen LogP contribution in [0.2, 0.25) is 0 Å². The zero-order valence-electron chi connectivity index (χ0n) is 21.7. The van der Waals surface area contributed by atoms with E-state index in [1.54, 1.807) is 19.1 Å². The molecule has 0 spiro atoms. The number of nitrogens with zero attached hydrogens (tertiary/aromatic N) is 1. The molecule has 6 nitrogen and oxygen atoms in total. The summed E-state index contributed by atoms with van der Waals surface area (Å²) in [4.78, 5) is 29.3. The molecule has 0 saturated heterocycles. The normalized spacial score (nSPS) is 11.3. The maximum Gasteiger partial charge on any atom is 0.247 e. The van der Waals surface area contributed by atoms with Crippen molar-refractivity contribution in [1.82, 2.24) is 10.2 Å². The molecular weight excluding hydrogens is 476 g/mol. The monoisotopic (exact) mass is 508 g/mol. The van der Waals surface area contributed by atoms with Gasteiger partial charge < -0.3 is 19.7 Å². The summed E-state index contributed by atoms with van der Waals surface area (Å²) >= 11 is 0. The quantitative estimate of drug-likeness (QED) is 0.297. The Kier molecular flexibility index (Phi) is 9.13. The molecule has 0 radical (unpaired) electrons. The number of benzene rings is 4. The number of ether oxygens (including phenoxy) is 2. The lowest BCUT2D eigenvalue weighted by atomic mass is 10.0. The van der Waals surface area contributed by atoms with Crippen molar-refractivity contribution in [3.8, 4) is 11.5 Å². The predicted molar refractivity (Wildman–Crippen MR) is 148 cm³/mol. The molecule has 0 saturated carbocycles. The summed E-state index contributed by atoms with van der Waals surface area (Å²) in [5, 5.41) is 3.04. The Hall–Kier alpha value is -4.58. The smallest absolute Gasteiger partial charge is 0.247 e. The molecule has 0 heterocycles. The highest BCUT2D eigenvalue weighted by Crippen LogP contribution is 2.26. The minimum absolute atomic E-state index is 0.138.